The molecule has 0 amide bonds. The van der Waals surface area contributed by atoms with Crippen molar-refractivity contribution in [3.05, 3.63) is 12.7 Å². The normalized spacial score (nSPS) is 33.7. The highest BCUT2D eigenvalue weighted by Gasteiger charge is 2.52. The first kappa shape index (κ1) is 14.0. The smallest absolute Gasteiger partial charge is 0.169 e. The largest absolute Gasteiger partial charge is 0.377 e. The minimum absolute atomic E-state index is 0.120. The van der Waals surface area contributed by atoms with E-state index in [9.17, 15) is 0 Å². The van der Waals surface area contributed by atoms with Crippen molar-refractivity contribution in [1.82, 2.24) is 0 Å². The number of rotatable bonds is 4. The average molecular weight is 254 g/mol. The van der Waals surface area contributed by atoms with E-state index >= 15 is 0 Å². The molecule has 0 aromatic carbocycles. The summed E-state index contributed by atoms with van der Waals surface area (Å²) in [5.41, 5.74) is 0.351. The average Bonchev–Trinajstić information content (AvgIpc) is 2.62. The van der Waals surface area contributed by atoms with Gasteiger partial charge in [-0.1, -0.05) is 26.8 Å². The van der Waals surface area contributed by atoms with Gasteiger partial charge in [0.05, 0.1) is 26.4 Å². The van der Waals surface area contributed by atoms with E-state index in [1.807, 2.05) is 0 Å². The zero-order chi connectivity index (χ0) is 13.3. The topological polar surface area (TPSA) is 27.7 Å². The van der Waals surface area contributed by atoms with Gasteiger partial charge in [0.25, 0.3) is 0 Å². The molecule has 2 fully saturated rings. The van der Waals surface area contributed by atoms with Crippen molar-refractivity contribution in [2.24, 2.45) is 10.8 Å². The molecule has 2 aliphatic rings. The Bertz CT molecular complexity index is 305. The van der Waals surface area contributed by atoms with Crippen LogP contribution in [0.4, 0.5) is 0 Å². The van der Waals surface area contributed by atoms with Crippen LogP contribution >= 0.6 is 0 Å². The Labute approximate surface area is 110 Å². The summed E-state index contributed by atoms with van der Waals surface area (Å²) in [6.07, 6.45) is 4.86. The molecule has 1 unspecified atom stereocenters. The summed E-state index contributed by atoms with van der Waals surface area (Å²) in [6.45, 7) is 13.4. The molecule has 3 nitrogen and oxygen atoms in total. The molecule has 18 heavy (non-hydrogen) atoms. The van der Waals surface area contributed by atoms with Crippen LogP contribution in [0.15, 0.2) is 12.7 Å². The van der Waals surface area contributed by atoms with E-state index in [0.29, 0.717) is 6.61 Å². The maximum absolute atomic E-state index is 5.92. The number of hydrogen-bond acceptors (Lipinski definition) is 3. The van der Waals surface area contributed by atoms with Crippen molar-refractivity contribution < 1.29 is 14.2 Å². The van der Waals surface area contributed by atoms with Crippen molar-refractivity contribution in [2.45, 2.75) is 45.8 Å². The predicted molar refractivity (Wildman–Crippen MR) is 71.4 cm³/mol. The molecule has 1 aliphatic carbocycles. The molecule has 0 bridgehead atoms. The van der Waals surface area contributed by atoms with Crippen molar-refractivity contribution in [2.75, 3.05) is 26.4 Å². The Morgan fingerprint density at radius 1 is 1.11 bits per heavy atom. The molecule has 1 saturated carbocycles. The zero-order valence-electron chi connectivity index (χ0n) is 12.0. The van der Waals surface area contributed by atoms with Gasteiger partial charge >= 0.3 is 0 Å². The first-order chi connectivity index (χ1) is 8.39. The monoisotopic (exact) mass is 254 g/mol. The lowest BCUT2D eigenvalue weighted by atomic mass is 9.62. The van der Waals surface area contributed by atoms with E-state index in [-0.39, 0.29) is 16.6 Å². The number of hydrogen-bond donors (Lipinski definition) is 0. The van der Waals surface area contributed by atoms with E-state index in [1.54, 1.807) is 6.08 Å². The van der Waals surface area contributed by atoms with Gasteiger partial charge in [0.15, 0.2) is 5.79 Å². The van der Waals surface area contributed by atoms with Crippen molar-refractivity contribution >= 4 is 0 Å². The molecule has 0 N–H and O–H groups in total. The van der Waals surface area contributed by atoms with Gasteiger partial charge in [-0.25, -0.2) is 0 Å². The standard InChI is InChI=1S/C15H26O3/c1-5-6-16-12-14(4)9-13(2,3)10-15(11-14)17-7-8-18-15/h5H,1,6-12H2,2-4H3. The van der Waals surface area contributed by atoms with E-state index in [1.165, 1.54) is 0 Å². The minimum Gasteiger partial charge on any atom is -0.377 e. The molecule has 0 aromatic rings. The second-order valence-electron chi connectivity index (χ2n) is 6.92. The Morgan fingerprint density at radius 2 is 1.78 bits per heavy atom. The summed E-state index contributed by atoms with van der Waals surface area (Å²) in [6, 6.07) is 0. The SMILES string of the molecule is C=CCOCC1(C)CC(C)(C)CC2(C1)OCCO2. The Morgan fingerprint density at radius 3 is 2.39 bits per heavy atom. The van der Waals surface area contributed by atoms with Crippen LogP contribution in [0.2, 0.25) is 0 Å². The summed E-state index contributed by atoms with van der Waals surface area (Å²) in [7, 11) is 0. The fourth-order valence-corrected chi connectivity index (χ4v) is 3.91. The minimum atomic E-state index is -0.367. The van der Waals surface area contributed by atoms with E-state index in [4.69, 9.17) is 14.2 Å². The predicted octanol–water partition coefficient (Wildman–Crippen LogP) is 3.15. The Balaban J connectivity index is 2.07. The fraction of sp³-hybridized carbons (Fsp3) is 0.867. The van der Waals surface area contributed by atoms with Crippen LogP contribution in [-0.4, -0.2) is 32.2 Å². The molecule has 0 aromatic heterocycles. The third-order valence-corrected chi connectivity index (χ3v) is 3.85. The van der Waals surface area contributed by atoms with E-state index < -0.39 is 0 Å². The van der Waals surface area contributed by atoms with Gasteiger partial charge in [-0.05, 0) is 17.3 Å². The van der Waals surface area contributed by atoms with E-state index in [2.05, 4.69) is 27.4 Å². The summed E-state index contributed by atoms with van der Waals surface area (Å²) in [5, 5.41) is 0. The molecule has 3 heteroatoms. The van der Waals surface area contributed by atoms with Crippen LogP contribution in [0.3, 0.4) is 0 Å². The highest BCUT2D eigenvalue weighted by Crippen LogP contribution is 2.53. The summed E-state index contributed by atoms with van der Waals surface area (Å²) < 4.78 is 17.5. The zero-order valence-corrected chi connectivity index (χ0v) is 12.0. The summed E-state index contributed by atoms with van der Waals surface area (Å²) >= 11 is 0. The molecular formula is C15H26O3. The van der Waals surface area contributed by atoms with Crippen molar-refractivity contribution in [3.63, 3.8) is 0 Å². The quantitative estimate of drug-likeness (QED) is 0.570. The lowest BCUT2D eigenvalue weighted by Gasteiger charge is -2.50. The van der Waals surface area contributed by atoms with Gasteiger partial charge in [0.2, 0.25) is 0 Å². The van der Waals surface area contributed by atoms with Crippen LogP contribution in [0.1, 0.15) is 40.0 Å². The maximum atomic E-state index is 5.92. The summed E-state index contributed by atoms with van der Waals surface area (Å²) in [5.74, 6) is -0.367. The van der Waals surface area contributed by atoms with Gasteiger partial charge < -0.3 is 14.2 Å². The maximum Gasteiger partial charge on any atom is 0.169 e. The second-order valence-corrected chi connectivity index (χ2v) is 6.92. The van der Waals surface area contributed by atoms with Gasteiger partial charge in [0, 0.05) is 12.8 Å². The molecule has 1 atom stereocenters. The number of ether oxygens (including phenoxy) is 3. The lowest BCUT2D eigenvalue weighted by Crippen LogP contribution is -2.49. The van der Waals surface area contributed by atoms with Gasteiger partial charge in [-0.2, -0.15) is 0 Å². The van der Waals surface area contributed by atoms with Crippen LogP contribution in [0.25, 0.3) is 0 Å². The first-order valence-electron chi connectivity index (χ1n) is 6.85. The lowest BCUT2D eigenvalue weighted by molar-refractivity contribution is -0.230. The molecule has 104 valence electrons. The van der Waals surface area contributed by atoms with Crippen LogP contribution < -0.4 is 0 Å². The van der Waals surface area contributed by atoms with E-state index in [0.717, 1.165) is 39.1 Å². The van der Waals surface area contributed by atoms with Gasteiger partial charge in [0.1, 0.15) is 0 Å². The highest BCUT2D eigenvalue weighted by atomic mass is 16.7. The van der Waals surface area contributed by atoms with Gasteiger partial charge in [-0.3, -0.25) is 0 Å². The fourth-order valence-electron chi connectivity index (χ4n) is 3.91. The molecule has 0 radical (unpaired) electrons. The summed E-state index contributed by atoms with van der Waals surface area (Å²) in [4.78, 5) is 0. The molecular weight excluding hydrogens is 228 g/mol. The van der Waals surface area contributed by atoms with Crippen LogP contribution in [0.5, 0.6) is 0 Å². The third-order valence-electron chi connectivity index (χ3n) is 3.85. The first-order valence-corrected chi connectivity index (χ1v) is 6.85. The van der Waals surface area contributed by atoms with Crippen molar-refractivity contribution in [3.8, 4) is 0 Å². The second kappa shape index (κ2) is 4.95. The molecule has 2 rings (SSSR count). The van der Waals surface area contributed by atoms with Crippen LogP contribution in [0, 0.1) is 10.8 Å². The third kappa shape index (κ3) is 3.14. The molecule has 1 aliphatic heterocycles. The Hall–Kier alpha value is -0.380. The Kier molecular flexibility index (Phi) is 3.86. The molecule has 1 saturated heterocycles. The van der Waals surface area contributed by atoms with Gasteiger partial charge in [-0.15, -0.1) is 6.58 Å². The molecule has 1 spiro atoms. The molecule has 1 heterocycles. The van der Waals surface area contributed by atoms with Crippen LogP contribution in [-0.2, 0) is 14.2 Å². The highest BCUT2D eigenvalue weighted by molar-refractivity contribution is 4.97. The van der Waals surface area contributed by atoms with Crippen molar-refractivity contribution in [1.29, 1.82) is 0 Å².